The van der Waals surface area contributed by atoms with Crippen LogP contribution in [-0.4, -0.2) is 23.9 Å². The predicted molar refractivity (Wildman–Crippen MR) is 96.5 cm³/mol. The molecule has 0 aromatic heterocycles. The maximum absolute atomic E-state index is 12.1. The fourth-order valence-corrected chi connectivity index (χ4v) is 2.44. The second-order valence-electron chi connectivity index (χ2n) is 6.03. The smallest absolute Gasteiger partial charge is 0.336 e. The summed E-state index contributed by atoms with van der Waals surface area (Å²) in [6.45, 7) is 14.6. The molecule has 0 aliphatic heterocycles. The van der Waals surface area contributed by atoms with Crippen LogP contribution in [-0.2, 0) is 14.3 Å². The molecule has 0 aromatic rings. The number of nitroso groups, excluding NO2 is 1. The first-order chi connectivity index (χ1) is 11.3. The molecule has 3 atom stereocenters. The van der Waals surface area contributed by atoms with Crippen LogP contribution in [0.4, 0.5) is 0 Å². The second-order valence-corrected chi connectivity index (χ2v) is 6.03. The number of rotatable bonds is 12. The second kappa shape index (κ2) is 11.5. The molecule has 5 nitrogen and oxygen atoms in total. The van der Waals surface area contributed by atoms with Crippen LogP contribution in [0.15, 0.2) is 42.1 Å². The number of carbonyl (C=O) groups is 2. The van der Waals surface area contributed by atoms with Crippen molar-refractivity contribution in [1.82, 2.24) is 0 Å². The Kier molecular flexibility index (Phi) is 10.5. The molecular weight excluding hydrogens is 306 g/mol. The van der Waals surface area contributed by atoms with Crippen molar-refractivity contribution in [2.45, 2.75) is 59.1 Å². The van der Waals surface area contributed by atoms with Gasteiger partial charge >= 0.3 is 5.97 Å². The van der Waals surface area contributed by atoms with E-state index in [1.807, 2.05) is 13.8 Å². The van der Waals surface area contributed by atoms with Crippen molar-refractivity contribution in [3.63, 3.8) is 0 Å². The molecule has 0 aliphatic rings. The van der Waals surface area contributed by atoms with Gasteiger partial charge < -0.3 is 4.74 Å². The lowest BCUT2D eigenvalue weighted by Gasteiger charge is -2.22. The summed E-state index contributed by atoms with van der Waals surface area (Å²) in [5.41, 5.74) is 0.0469. The normalized spacial score (nSPS) is 14.9. The Morgan fingerprint density at radius 1 is 1.21 bits per heavy atom. The zero-order chi connectivity index (χ0) is 18.7. The number of allylic oxidation sites excluding steroid dienone is 3. The molecule has 24 heavy (non-hydrogen) atoms. The van der Waals surface area contributed by atoms with Gasteiger partial charge in [-0.2, -0.15) is 4.91 Å². The Morgan fingerprint density at radius 2 is 1.79 bits per heavy atom. The van der Waals surface area contributed by atoms with E-state index in [0.29, 0.717) is 19.3 Å². The molecule has 5 heteroatoms. The van der Waals surface area contributed by atoms with Crippen molar-refractivity contribution < 1.29 is 14.3 Å². The van der Waals surface area contributed by atoms with Crippen molar-refractivity contribution in [3.8, 4) is 0 Å². The Balaban J connectivity index is 4.86. The average Bonchev–Trinajstić information content (AvgIpc) is 2.57. The predicted octanol–water partition coefficient (Wildman–Crippen LogP) is 4.38. The van der Waals surface area contributed by atoms with Crippen LogP contribution in [0, 0.1) is 16.7 Å². The minimum Gasteiger partial charge on any atom is -0.459 e. The maximum Gasteiger partial charge on any atom is 0.336 e. The molecule has 0 saturated carbocycles. The minimum atomic E-state index is -0.898. The van der Waals surface area contributed by atoms with Crippen molar-refractivity contribution in [2.24, 2.45) is 17.0 Å². The number of carbonyl (C=O) groups excluding carboxylic acids is 2. The zero-order valence-corrected chi connectivity index (χ0v) is 15.2. The Hall–Kier alpha value is -2.04. The molecule has 0 aromatic carbocycles. The van der Waals surface area contributed by atoms with Crippen LogP contribution in [0.2, 0.25) is 0 Å². The summed E-state index contributed by atoms with van der Waals surface area (Å²) in [6, 6.07) is -0.898. The molecule has 0 saturated heterocycles. The van der Waals surface area contributed by atoms with E-state index in [-0.39, 0.29) is 29.3 Å². The van der Waals surface area contributed by atoms with Gasteiger partial charge in [-0.05, 0) is 31.3 Å². The summed E-state index contributed by atoms with van der Waals surface area (Å²) in [5.74, 6) is -1.23. The van der Waals surface area contributed by atoms with Crippen LogP contribution in [0.3, 0.4) is 0 Å². The van der Waals surface area contributed by atoms with Crippen LogP contribution >= 0.6 is 0 Å². The molecule has 0 N–H and O–H groups in total. The third-order valence-electron chi connectivity index (χ3n) is 4.06. The molecule has 0 fully saturated rings. The van der Waals surface area contributed by atoms with Gasteiger partial charge in [0.15, 0.2) is 5.78 Å². The lowest BCUT2D eigenvalue weighted by atomic mass is 9.86. The summed E-state index contributed by atoms with van der Waals surface area (Å²) in [6.07, 6.45) is 6.18. The van der Waals surface area contributed by atoms with Gasteiger partial charge in [0.2, 0.25) is 0 Å². The highest BCUT2D eigenvalue weighted by Gasteiger charge is 2.29. The molecule has 0 aliphatic carbocycles. The van der Waals surface area contributed by atoms with Crippen molar-refractivity contribution in [1.29, 1.82) is 0 Å². The Morgan fingerprint density at radius 3 is 2.25 bits per heavy atom. The highest BCUT2D eigenvalue weighted by atomic mass is 16.5. The molecule has 0 radical (unpaired) electrons. The first-order valence-electron chi connectivity index (χ1n) is 8.37. The van der Waals surface area contributed by atoms with Gasteiger partial charge in [0.25, 0.3) is 0 Å². The zero-order valence-electron chi connectivity index (χ0n) is 15.2. The van der Waals surface area contributed by atoms with E-state index in [4.69, 9.17) is 4.74 Å². The van der Waals surface area contributed by atoms with Gasteiger partial charge in [-0.25, -0.2) is 4.79 Å². The van der Waals surface area contributed by atoms with Crippen LogP contribution in [0.25, 0.3) is 0 Å². The SMILES string of the molecule is C=C/C=C/C(=O)[C@H](C)C[C@H](C)[C@H](N=O)C(=C)C(=O)OC(CC)CC. The monoisotopic (exact) mass is 335 g/mol. The standard InChI is InChI=1S/C19H29NO4/c1-7-10-11-17(21)13(4)12-14(5)18(20-23)15(6)19(22)24-16(8-2)9-3/h7,10-11,13-14,16,18H,1,6,8-9,12H2,2-5H3/b11-10+/t13-,14+,18+/m1/s1. The topological polar surface area (TPSA) is 72.8 Å². The summed E-state index contributed by atoms with van der Waals surface area (Å²) in [5, 5.41) is 3.05. The number of ether oxygens (including phenoxy) is 1. The molecule has 0 bridgehead atoms. The summed E-state index contributed by atoms with van der Waals surface area (Å²) in [7, 11) is 0. The third-order valence-corrected chi connectivity index (χ3v) is 4.06. The largest absolute Gasteiger partial charge is 0.459 e. The van der Waals surface area contributed by atoms with Gasteiger partial charge in [0.05, 0.1) is 5.57 Å². The van der Waals surface area contributed by atoms with Gasteiger partial charge in [-0.1, -0.05) is 58.2 Å². The van der Waals surface area contributed by atoms with E-state index in [9.17, 15) is 14.5 Å². The summed E-state index contributed by atoms with van der Waals surface area (Å²) >= 11 is 0. The van der Waals surface area contributed by atoms with Crippen LogP contribution in [0.5, 0.6) is 0 Å². The fraction of sp³-hybridized carbons (Fsp3) is 0.579. The Bertz CT molecular complexity index is 492. The molecular formula is C19H29NO4. The number of nitrogens with zero attached hydrogens (tertiary/aromatic N) is 1. The highest BCUT2D eigenvalue weighted by molar-refractivity contribution is 5.92. The number of hydrogen-bond donors (Lipinski definition) is 0. The molecule has 134 valence electrons. The maximum atomic E-state index is 12.1. The van der Waals surface area contributed by atoms with E-state index >= 15 is 0 Å². The van der Waals surface area contributed by atoms with E-state index < -0.39 is 12.0 Å². The van der Waals surface area contributed by atoms with E-state index in [1.165, 1.54) is 12.2 Å². The molecule has 0 spiro atoms. The van der Waals surface area contributed by atoms with Gasteiger partial charge in [0.1, 0.15) is 12.1 Å². The van der Waals surface area contributed by atoms with Crippen molar-refractivity contribution in [2.75, 3.05) is 0 Å². The Labute approximate surface area is 144 Å². The molecule has 0 heterocycles. The lowest BCUT2D eigenvalue weighted by molar-refractivity contribution is -0.145. The molecule has 0 unspecified atom stereocenters. The number of ketones is 1. The van der Waals surface area contributed by atoms with E-state index in [2.05, 4.69) is 18.3 Å². The fourth-order valence-electron chi connectivity index (χ4n) is 2.44. The van der Waals surface area contributed by atoms with Crippen LogP contribution in [0.1, 0.15) is 47.0 Å². The van der Waals surface area contributed by atoms with Gasteiger partial charge in [-0.15, -0.1) is 0 Å². The average molecular weight is 335 g/mol. The van der Waals surface area contributed by atoms with Crippen LogP contribution < -0.4 is 0 Å². The highest BCUT2D eigenvalue weighted by Crippen LogP contribution is 2.24. The molecule has 0 amide bonds. The van der Waals surface area contributed by atoms with Gasteiger partial charge in [-0.3, -0.25) is 4.79 Å². The first-order valence-corrected chi connectivity index (χ1v) is 8.37. The van der Waals surface area contributed by atoms with Gasteiger partial charge in [0, 0.05) is 5.92 Å². The summed E-state index contributed by atoms with van der Waals surface area (Å²) < 4.78 is 5.32. The van der Waals surface area contributed by atoms with Crippen molar-refractivity contribution in [3.05, 3.63) is 41.9 Å². The molecule has 0 rings (SSSR count). The number of hydrogen-bond acceptors (Lipinski definition) is 5. The first kappa shape index (κ1) is 22.0. The van der Waals surface area contributed by atoms with E-state index in [1.54, 1.807) is 19.9 Å². The lowest BCUT2D eigenvalue weighted by Crippen LogP contribution is -2.28. The third kappa shape index (κ3) is 7.02. The van der Waals surface area contributed by atoms with E-state index in [0.717, 1.165) is 0 Å². The number of esters is 1. The summed E-state index contributed by atoms with van der Waals surface area (Å²) in [4.78, 5) is 35.3. The van der Waals surface area contributed by atoms with Crippen molar-refractivity contribution >= 4 is 11.8 Å². The quantitative estimate of drug-likeness (QED) is 0.229. The minimum absolute atomic E-state index is 0.0469.